The molecule has 2 aromatic heterocycles. The number of hydrogen-bond acceptors (Lipinski definition) is 8. The summed E-state index contributed by atoms with van der Waals surface area (Å²) in [5.74, 6) is -1.03. The largest absolute Gasteiger partial charge is 0.480 e. The maximum Gasteiger partial charge on any atom is 0.429 e. The summed E-state index contributed by atoms with van der Waals surface area (Å²) in [6, 6.07) is 15.3. The van der Waals surface area contributed by atoms with E-state index in [1.807, 2.05) is 29.2 Å². The quantitative estimate of drug-likeness (QED) is 0.211. The number of carbonyl (C=O) groups is 1. The predicted molar refractivity (Wildman–Crippen MR) is 176 cm³/mol. The molecule has 6 rings (SSSR count). The Kier molecular flexibility index (Phi) is 8.61. The zero-order chi connectivity index (χ0) is 34.4. The van der Waals surface area contributed by atoms with Gasteiger partial charge in [0, 0.05) is 37.5 Å². The average Bonchev–Trinajstić information content (AvgIpc) is 3.65. The number of carboxylic acids is 1. The molecule has 2 atom stereocenters. The minimum atomic E-state index is -4.82. The highest BCUT2D eigenvalue weighted by Gasteiger charge is 2.46. The van der Waals surface area contributed by atoms with Crippen LogP contribution in [0.1, 0.15) is 63.0 Å². The van der Waals surface area contributed by atoms with Crippen LogP contribution in [0, 0.1) is 12.3 Å². The zero-order valence-corrected chi connectivity index (χ0v) is 27.4. The van der Waals surface area contributed by atoms with Gasteiger partial charge in [-0.1, -0.05) is 57.2 Å². The molecule has 4 N–H and O–H groups in total. The highest BCUT2D eigenvalue weighted by Crippen LogP contribution is 2.43. The number of ether oxygens (including phenoxy) is 1. The summed E-state index contributed by atoms with van der Waals surface area (Å²) in [6.07, 6.45) is -3.66. The van der Waals surface area contributed by atoms with Gasteiger partial charge in [-0.25, -0.2) is 4.68 Å². The van der Waals surface area contributed by atoms with Gasteiger partial charge in [0.2, 0.25) is 17.9 Å². The van der Waals surface area contributed by atoms with Crippen LogP contribution in [-0.4, -0.2) is 62.7 Å². The smallest absolute Gasteiger partial charge is 0.429 e. The summed E-state index contributed by atoms with van der Waals surface area (Å²) in [7, 11) is 0. The number of nitrogen functional groups attached to an aromatic ring is 1. The number of nitrogens with two attached hydrogens (primary N) is 1. The molecule has 0 amide bonds. The van der Waals surface area contributed by atoms with E-state index in [1.54, 1.807) is 31.3 Å². The number of hydrogen-bond donors (Lipinski definition) is 3. The number of nitrogens with one attached hydrogen (secondary N) is 1. The van der Waals surface area contributed by atoms with Gasteiger partial charge in [-0.05, 0) is 65.8 Å². The van der Waals surface area contributed by atoms with Crippen LogP contribution in [0.3, 0.4) is 0 Å². The number of aliphatic carboxylic acids is 1. The Bertz CT molecular complexity index is 1810. The fourth-order valence-electron chi connectivity index (χ4n) is 6.62. The molecule has 48 heavy (non-hydrogen) atoms. The van der Waals surface area contributed by atoms with Crippen molar-refractivity contribution >= 4 is 17.7 Å². The van der Waals surface area contributed by atoms with Crippen LogP contribution in [0.5, 0.6) is 5.88 Å². The van der Waals surface area contributed by atoms with Crippen molar-refractivity contribution in [1.82, 2.24) is 25.1 Å². The van der Waals surface area contributed by atoms with Gasteiger partial charge in [-0.15, -0.1) is 0 Å². The van der Waals surface area contributed by atoms with Crippen LogP contribution >= 0.6 is 0 Å². The molecule has 4 heterocycles. The van der Waals surface area contributed by atoms with E-state index in [2.05, 4.69) is 41.2 Å². The average molecular weight is 664 g/mol. The molecule has 1 spiro atoms. The predicted octanol–water partition coefficient (Wildman–Crippen LogP) is 6.23. The second-order valence-corrected chi connectivity index (χ2v) is 13.9. The maximum absolute atomic E-state index is 14.9. The maximum atomic E-state index is 14.9. The number of nitrogens with zero attached hydrogens (tertiary/aromatic N) is 5. The van der Waals surface area contributed by atoms with Crippen molar-refractivity contribution < 1.29 is 27.8 Å². The van der Waals surface area contributed by atoms with Gasteiger partial charge in [-0.3, -0.25) is 4.79 Å². The second kappa shape index (κ2) is 12.4. The van der Waals surface area contributed by atoms with Crippen LogP contribution < -0.4 is 20.7 Å². The number of anilines is 2. The molecule has 2 fully saturated rings. The number of alkyl halides is 3. The monoisotopic (exact) mass is 663 g/mol. The van der Waals surface area contributed by atoms with Crippen molar-refractivity contribution in [3.05, 3.63) is 77.6 Å². The lowest BCUT2D eigenvalue weighted by Gasteiger charge is -2.39. The van der Waals surface area contributed by atoms with Gasteiger partial charge in [0.25, 0.3) is 0 Å². The molecule has 2 aliphatic heterocycles. The van der Waals surface area contributed by atoms with Crippen molar-refractivity contribution in [3.8, 4) is 22.7 Å². The third-order valence-electron chi connectivity index (χ3n) is 9.39. The Labute approximate surface area is 277 Å². The number of benzene rings is 2. The van der Waals surface area contributed by atoms with Crippen LogP contribution in [0.25, 0.3) is 16.8 Å². The van der Waals surface area contributed by atoms with Crippen molar-refractivity contribution in [3.63, 3.8) is 0 Å². The summed E-state index contributed by atoms with van der Waals surface area (Å²) >= 11 is 0. The Hall–Kier alpha value is -4.65. The SMILES string of the molecule is Cc1ccn(-c2cc(-c3cccc(C(C)(C)C)c3)ccc2C(Oc2cc(N3CCC4(CC3)CNC(C(=O)O)C4)nc(N)n2)C(F)(F)F)n1. The topological polar surface area (TPSA) is 131 Å². The van der Waals surface area contributed by atoms with E-state index >= 15 is 0 Å². The van der Waals surface area contributed by atoms with E-state index < -0.39 is 24.3 Å². The zero-order valence-electron chi connectivity index (χ0n) is 27.4. The lowest BCUT2D eigenvalue weighted by atomic mass is 9.76. The number of halogens is 3. The van der Waals surface area contributed by atoms with E-state index in [1.165, 1.54) is 16.8 Å². The number of carboxylic acid groups (broad SMARTS) is 1. The van der Waals surface area contributed by atoms with Crippen molar-refractivity contribution in [1.29, 1.82) is 0 Å². The first-order valence-electron chi connectivity index (χ1n) is 16.0. The Morgan fingerprint density at radius 2 is 1.79 bits per heavy atom. The molecule has 4 aromatic rings. The standard InChI is InChI=1S/C35H40F3N7O3/c1-21-10-13-45(43-21)27-17-23(22-6-5-7-24(16-22)33(2,3)4)8-9-25(27)30(35(36,37)38)48-29-18-28(41-32(39)42-29)44-14-11-34(12-15-44)19-26(31(46)47)40-20-34/h5-10,13,16-18,26,30,40H,11-12,14-15,19-20H2,1-4H3,(H,46,47)(H2,39,41,42). The molecule has 0 bridgehead atoms. The summed E-state index contributed by atoms with van der Waals surface area (Å²) in [6.45, 7) is 9.76. The first-order valence-corrected chi connectivity index (χ1v) is 16.0. The molecule has 2 aliphatic rings. The molecule has 2 aromatic carbocycles. The lowest BCUT2D eigenvalue weighted by Crippen LogP contribution is -2.41. The number of rotatable bonds is 7. The van der Waals surface area contributed by atoms with Crippen LogP contribution in [0.2, 0.25) is 0 Å². The van der Waals surface area contributed by atoms with Crippen molar-refractivity contribution in [2.45, 2.75) is 70.7 Å². The Balaban J connectivity index is 1.32. The lowest BCUT2D eigenvalue weighted by molar-refractivity contribution is -0.198. The fourth-order valence-corrected chi connectivity index (χ4v) is 6.62. The molecule has 2 unspecified atom stereocenters. The summed E-state index contributed by atoms with van der Waals surface area (Å²) in [4.78, 5) is 21.7. The summed E-state index contributed by atoms with van der Waals surface area (Å²) < 4.78 is 51.9. The minimum Gasteiger partial charge on any atom is -0.480 e. The molecular weight excluding hydrogens is 623 g/mol. The van der Waals surface area contributed by atoms with E-state index in [0.717, 1.165) is 16.7 Å². The molecule has 0 aliphatic carbocycles. The third kappa shape index (κ3) is 6.96. The molecule has 0 saturated carbocycles. The van der Waals surface area contributed by atoms with E-state index in [9.17, 15) is 23.1 Å². The Morgan fingerprint density at radius 3 is 2.42 bits per heavy atom. The summed E-state index contributed by atoms with van der Waals surface area (Å²) in [5.41, 5.74) is 9.17. The summed E-state index contributed by atoms with van der Waals surface area (Å²) in [5, 5.41) is 16.9. The highest BCUT2D eigenvalue weighted by molar-refractivity contribution is 5.74. The Morgan fingerprint density at radius 1 is 1.06 bits per heavy atom. The molecular formula is C35H40F3N7O3. The van der Waals surface area contributed by atoms with Crippen LogP contribution in [-0.2, 0) is 10.2 Å². The molecule has 10 nitrogen and oxygen atoms in total. The van der Waals surface area contributed by atoms with E-state index in [0.29, 0.717) is 50.4 Å². The number of aryl methyl sites for hydroxylation is 1. The minimum absolute atomic E-state index is 0.113. The number of piperidine rings is 1. The van der Waals surface area contributed by atoms with Crippen LogP contribution in [0.4, 0.5) is 24.9 Å². The van der Waals surface area contributed by atoms with E-state index in [4.69, 9.17) is 10.5 Å². The first kappa shape index (κ1) is 33.3. The number of aromatic nitrogens is 4. The van der Waals surface area contributed by atoms with Crippen LogP contribution in [0.15, 0.2) is 60.8 Å². The van der Waals surface area contributed by atoms with Gasteiger partial charge < -0.3 is 25.8 Å². The molecule has 0 radical (unpaired) electrons. The van der Waals surface area contributed by atoms with Gasteiger partial charge in [0.1, 0.15) is 11.9 Å². The molecule has 13 heteroatoms. The third-order valence-corrected chi connectivity index (χ3v) is 9.39. The van der Waals surface area contributed by atoms with Crippen molar-refractivity contribution in [2.75, 3.05) is 30.3 Å². The molecule has 254 valence electrons. The van der Waals surface area contributed by atoms with Gasteiger partial charge in [-0.2, -0.15) is 28.2 Å². The van der Waals surface area contributed by atoms with E-state index in [-0.39, 0.29) is 33.9 Å². The fraction of sp³-hybridized carbons (Fsp3) is 0.429. The van der Waals surface area contributed by atoms with Gasteiger partial charge in [0.15, 0.2) is 0 Å². The first-order chi connectivity index (χ1) is 22.6. The highest BCUT2D eigenvalue weighted by atomic mass is 19.4. The molecule has 2 saturated heterocycles. The normalized spacial score (nSPS) is 18.6. The van der Waals surface area contributed by atoms with Gasteiger partial charge in [0.05, 0.1) is 11.4 Å². The van der Waals surface area contributed by atoms with Gasteiger partial charge >= 0.3 is 12.1 Å². The second-order valence-electron chi connectivity index (χ2n) is 13.9. The van der Waals surface area contributed by atoms with Crippen molar-refractivity contribution in [2.24, 2.45) is 5.41 Å².